The van der Waals surface area contributed by atoms with Gasteiger partial charge in [0.05, 0.1) is 5.41 Å². The number of ether oxygens (including phenoxy) is 1. The Balaban J connectivity index is 1.28. The molecule has 6 rings (SSSR count). The second kappa shape index (κ2) is 10.1. The number of aliphatic carboxylic acids is 1. The molecule has 40 heavy (non-hydrogen) atoms. The average Bonchev–Trinajstić information content (AvgIpc) is 3.49. The van der Waals surface area contributed by atoms with Gasteiger partial charge in [0.1, 0.15) is 17.5 Å². The molecule has 2 aromatic heterocycles. The standard InChI is InChI=1S/C31H25ClN2O5S/c1-17-26(33-30(37)38-18(2)21-5-3-4-6-25(21)32)27(39-34-17)24-12-11-22(23-13-16-40-28(23)24)19-7-9-20(10-8-19)31(14-15-31)29(35)36/h3-13,16,18H,14-15H2,1-2H3,(H,33,37)(H,35,36). The van der Waals surface area contributed by atoms with E-state index in [1.807, 2.05) is 66.0 Å². The molecule has 0 radical (unpaired) electrons. The van der Waals surface area contributed by atoms with Crippen molar-refractivity contribution in [2.75, 3.05) is 5.32 Å². The van der Waals surface area contributed by atoms with Crippen LogP contribution in [0.15, 0.2) is 76.6 Å². The number of aromatic nitrogens is 1. The van der Waals surface area contributed by atoms with Gasteiger partial charge in [0.15, 0.2) is 5.76 Å². The number of carboxylic acids is 1. The normalized spacial score (nSPS) is 14.6. The Morgan fingerprint density at radius 3 is 2.50 bits per heavy atom. The fourth-order valence-corrected chi connectivity index (χ4v) is 6.30. The highest BCUT2D eigenvalue weighted by Gasteiger charge is 2.51. The van der Waals surface area contributed by atoms with Crippen LogP contribution < -0.4 is 5.32 Å². The Kier molecular flexibility index (Phi) is 6.60. The maximum atomic E-state index is 12.9. The van der Waals surface area contributed by atoms with Crippen LogP contribution in [0.4, 0.5) is 10.5 Å². The topological polar surface area (TPSA) is 102 Å². The number of amides is 1. The zero-order valence-corrected chi connectivity index (χ0v) is 23.3. The lowest BCUT2D eigenvalue weighted by atomic mass is 9.92. The van der Waals surface area contributed by atoms with E-state index in [9.17, 15) is 14.7 Å². The molecule has 1 saturated carbocycles. The first kappa shape index (κ1) is 26.1. The number of aryl methyl sites for hydroxylation is 1. The lowest BCUT2D eigenvalue weighted by Crippen LogP contribution is -2.19. The van der Waals surface area contributed by atoms with E-state index in [2.05, 4.69) is 10.5 Å². The van der Waals surface area contributed by atoms with Crippen LogP contribution >= 0.6 is 22.9 Å². The Bertz CT molecular complexity index is 1750. The van der Waals surface area contributed by atoms with Crippen LogP contribution in [0.1, 0.15) is 42.7 Å². The lowest BCUT2D eigenvalue weighted by Gasteiger charge is -2.15. The molecule has 3 aromatic carbocycles. The summed E-state index contributed by atoms with van der Waals surface area (Å²) in [7, 11) is 0. The van der Waals surface area contributed by atoms with Crippen LogP contribution in [-0.4, -0.2) is 22.3 Å². The number of anilines is 1. The molecule has 1 atom stereocenters. The van der Waals surface area contributed by atoms with E-state index in [0.29, 0.717) is 40.6 Å². The highest BCUT2D eigenvalue weighted by Crippen LogP contribution is 2.49. The van der Waals surface area contributed by atoms with Crippen molar-refractivity contribution in [1.29, 1.82) is 0 Å². The van der Waals surface area contributed by atoms with Crippen LogP contribution in [0.3, 0.4) is 0 Å². The minimum atomic E-state index is -0.765. The van der Waals surface area contributed by atoms with Crippen molar-refractivity contribution in [3.63, 3.8) is 0 Å². The summed E-state index contributed by atoms with van der Waals surface area (Å²) in [6.45, 7) is 3.51. The number of fused-ring (bicyclic) bond motifs is 1. The van der Waals surface area contributed by atoms with Gasteiger partial charge in [-0.05, 0) is 67.0 Å². The molecule has 2 N–H and O–H groups in total. The van der Waals surface area contributed by atoms with E-state index in [1.54, 1.807) is 31.3 Å². The zero-order valence-electron chi connectivity index (χ0n) is 21.7. The molecule has 7 nitrogen and oxygen atoms in total. The molecule has 1 aliphatic carbocycles. The molecule has 1 fully saturated rings. The van der Waals surface area contributed by atoms with Crippen LogP contribution in [0.25, 0.3) is 32.5 Å². The summed E-state index contributed by atoms with van der Waals surface area (Å²) in [6, 6.07) is 21.0. The van der Waals surface area contributed by atoms with Crippen molar-refractivity contribution in [2.24, 2.45) is 0 Å². The highest BCUT2D eigenvalue weighted by atomic mass is 35.5. The Labute approximate surface area is 239 Å². The van der Waals surface area contributed by atoms with Gasteiger partial charge in [-0.1, -0.05) is 65.3 Å². The van der Waals surface area contributed by atoms with Gasteiger partial charge in [0, 0.05) is 26.2 Å². The van der Waals surface area contributed by atoms with Crippen molar-refractivity contribution >= 4 is 50.8 Å². The SMILES string of the molecule is Cc1noc(-c2ccc(-c3ccc(C4(C(=O)O)CC4)cc3)c3ccsc23)c1NC(=O)OC(C)c1ccccc1Cl. The van der Waals surface area contributed by atoms with E-state index in [-0.39, 0.29) is 0 Å². The molecule has 9 heteroatoms. The number of benzene rings is 3. The predicted molar refractivity (Wildman–Crippen MR) is 156 cm³/mol. The number of carboxylic acid groups (broad SMARTS) is 1. The monoisotopic (exact) mass is 572 g/mol. The van der Waals surface area contributed by atoms with Crippen molar-refractivity contribution in [3.8, 4) is 22.5 Å². The maximum Gasteiger partial charge on any atom is 0.412 e. The van der Waals surface area contributed by atoms with E-state index >= 15 is 0 Å². The van der Waals surface area contributed by atoms with Gasteiger partial charge in [-0.25, -0.2) is 4.79 Å². The molecule has 0 aliphatic heterocycles. The van der Waals surface area contributed by atoms with Crippen molar-refractivity contribution < 1.29 is 24.0 Å². The van der Waals surface area contributed by atoms with Crippen molar-refractivity contribution in [2.45, 2.75) is 38.2 Å². The summed E-state index contributed by atoms with van der Waals surface area (Å²) in [5, 5.41) is 20.1. The number of nitrogens with zero attached hydrogens (tertiary/aromatic N) is 1. The molecule has 0 bridgehead atoms. The number of carbonyl (C=O) groups excluding carboxylic acids is 1. The van der Waals surface area contributed by atoms with Gasteiger partial charge < -0.3 is 14.4 Å². The Hall–Kier alpha value is -4.14. The number of halogens is 1. The summed E-state index contributed by atoms with van der Waals surface area (Å²) in [4.78, 5) is 24.6. The second-order valence-corrected chi connectivity index (χ2v) is 11.3. The fraction of sp³-hybridized carbons (Fsp3) is 0.194. The number of hydrogen-bond donors (Lipinski definition) is 2. The lowest BCUT2D eigenvalue weighted by molar-refractivity contribution is -0.140. The highest BCUT2D eigenvalue weighted by molar-refractivity contribution is 7.17. The van der Waals surface area contributed by atoms with Crippen LogP contribution in [-0.2, 0) is 14.9 Å². The summed E-state index contributed by atoms with van der Waals surface area (Å²) in [6.07, 6.45) is 0.140. The van der Waals surface area contributed by atoms with Crippen LogP contribution in [0.2, 0.25) is 5.02 Å². The molecule has 1 aliphatic rings. The summed E-state index contributed by atoms with van der Waals surface area (Å²) >= 11 is 7.82. The third-order valence-corrected chi connectivity index (χ3v) is 8.78. The first-order chi connectivity index (χ1) is 19.3. The van der Waals surface area contributed by atoms with E-state index in [1.165, 1.54) is 0 Å². The van der Waals surface area contributed by atoms with Gasteiger partial charge in [-0.3, -0.25) is 10.1 Å². The van der Waals surface area contributed by atoms with E-state index in [0.717, 1.165) is 32.3 Å². The molecule has 0 saturated heterocycles. The number of hydrogen-bond acceptors (Lipinski definition) is 6. The van der Waals surface area contributed by atoms with E-state index < -0.39 is 23.6 Å². The quantitative estimate of drug-likeness (QED) is 0.202. The molecule has 1 amide bonds. The van der Waals surface area contributed by atoms with Gasteiger partial charge in [0.2, 0.25) is 0 Å². The number of thiophene rings is 1. The van der Waals surface area contributed by atoms with Gasteiger partial charge in [-0.2, -0.15) is 0 Å². The predicted octanol–water partition coefficient (Wildman–Crippen LogP) is 8.61. The van der Waals surface area contributed by atoms with Crippen molar-refractivity contribution in [3.05, 3.63) is 94.0 Å². The van der Waals surface area contributed by atoms with Gasteiger partial charge >= 0.3 is 12.1 Å². The zero-order chi connectivity index (χ0) is 28.0. The fourth-order valence-electron chi connectivity index (χ4n) is 5.07. The molecular weight excluding hydrogens is 548 g/mol. The van der Waals surface area contributed by atoms with E-state index in [4.69, 9.17) is 20.9 Å². The molecule has 5 aromatic rings. The third-order valence-electron chi connectivity index (χ3n) is 7.49. The smallest absolute Gasteiger partial charge is 0.412 e. The van der Waals surface area contributed by atoms with Gasteiger partial charge in [0.25, 0.3) is 0 Å². The summed E-state index contributed by atoms with van der Waals surface area (Å²) < 4.78 is 12.3. The maximum absolute atomic E-state index is 12.9. The second-order valence-electron chi connectivity index (χ2n) is 9.95. The number of rotatable bonds is 7. The van der Waals surface area contributed by atoms with Gasteiger partial charge in [-0.15, -0.1) is 11.3 Å². The number of carbonyl (C=O) groups is 2. The van der Waals surface area contributed by atoms with Crippen molar-refractivity contribution in [1.82, 2.24) is 5.16 Å². The largest absolute Gasteiger partial charge is 0.481 e. The first-order valence-electron chi connectivity index (χ1n) is 12.8. The molecule has 2 heterocycles. The average molecular weight is 573 g/mol. The Morgan fingerprint density at radius 1 is 1.07 bits per heavy atom. The molecular formula is C31H25ClN2O5S. The van der Waals surface area contributed by atoms with Crippen LogP contribution in [0.5, 0.6) is 0 Å². The minimum absolute atomic E-state index is 0.436. The Morgan fingerprint density at radius 2 is 1.80 bits per heavy atom. The molecule has 202 valence electrons. The minimum Gasteiger partial charge on any atom is -0.481 e. The summed E-state index contributed by atoms with van der Waals surface area (Å²) in [5.74, 6) is -0.329. The number of nitrogens with one attached hydrogen (secondary N) is 1. The summed E-state index contributed by atoms with van der Waals surface area (Å²) in [5.41, 5.74) is 4.57. The third kappa shape index (κ3) is 4.53. The van der Waals surface area contributed by atoms with Crippen LogP contribution in [0, 0.1) is 6.92 Å². The molecule has 0 spiro atoms. The first-order valence-corrected chi connectivity index (χ1v) is 14.1. The molecule has 1 unspecified atom stereocenters.